The lowest BCUT2D eigenvalue weighted by molar-refractivity contribution is 0.00742. The number of aryl methyl sites for hydroxylation is 1. The molecule has 0 aliphatic carbocycles. The van der Waals surface area contributed by atoms with E-state index >= 15 is 0 Å². The van der Waals surface area contributed by atoms with Crippen LogP contribution in [0.25, 0.3) is 0 Å². The summed E-state index contributed by atoms with van der Waals surface area (Å²) in [5.41, 5.74) is 1.38. The summed E-state index contributed by atoms with van der Waals surface area (Å²) in [4.78, 5) is 0. The third-order valence-corrected chi connectivity index (χ3v) is 3.95. The summed E-state index contributed by atoms with van der Waals surface area (Å²) in [5, 5.41) is 3.53. The van der Waals surface area contributed by atoms with Crippen molar-refractivity contribution >= 4 is 0 Å². The van der Waals surface area contributed by atoms with Gasteiger partial charge in [-0.3, -0.25) is 0 Å². The first-order valence-electron chi connectivity index (χ1n) is 8.34. The highest BCUT2D eigenvalue weighted by Gasteiger charge is 2.15. The van der Waals surface area contributed by atoms with Gasteiger partial charge in [-0.2, -0.15) is 0 Å². The maximum Gasteiger partial charge on any atom is 0.122 e. The fourth-order valence-corrected chi connectivity index (χ4v) is 2.61. The highest BCUT2D eigenvalue weighted by molar-refractivity contribution is 5.27. The van der Waals surface area contributed by atoms with Gasteiger partial charge in [0.2, 0.25) is 0 Å². The van der Waals surface area contributed by atoms with Gasteiger partial charge >= 0.3 is 0 Å². The first-order valence-corrected chi connectivity index (χ1v) is 8.34. The summed E-state index contributed by atoms with van der Waals surface area (Å²) >= 11 is 0. The zero-order valence-electron chi connectivity index (χ0n) is 13.4. The Morgan fingerprint density at radius 1 is 1.33 bits per heavy atom. The van der Waals surface area contributed by atoms with Crippen LogP contribution < -0.4 is 10.1 Å². The molecule has 0 amide bonds. The second-order valence-electron chi connectivity index (χ2n) is 5.99. The van der Waals surface area contributed by atoms with Crippen LogP contribution in [-0.4, -0.2) is 31.9 Å². The van der Waals surface area contributed by atoms with Gasteiger partial charge in [0.1, 0.15) is 11.9 Å². The predicted molar refractivity (Wildman–Crippen MR) is 87.0 cm³/mol. The summed E-state index contributed by atoms with van der Waals surface area (Å²) in [7, 11) is 0. The van der Waals surface area contributed by atoms with Crippen LogP contribution in [0.3, 0.4) is 0 Å². The number of hydrogen-bond donors (Lipinski definition) is 1. The van der Waals surface area contributed by atoms with Crippen LogP contribution in [-0.2, 0) is 11.2 Å². The molecule has 1 aliphatic heterocycles. The molecule has 0 aromatic heterocycles. The van der Waals surface area contributed by atoms with Crippen LogP contribution in [0.2, 0.25) is 0 Å². The summed E-state index contributed by atoms with van der Waals surface area (Å²) in [5.74, 6) is 0.964. The molecule has 118 valence electrons. The molecule has 2 unspecified atom stereocenters. The van der Waals surface area contributed by atoms with Crippen LogP contribution in [0.4, 0.5) is 0 Å². The minimum atomic E-state index is 0.225. The van der Waals surface area contributed by atoms with Gasteiger partial charge in [-0.05, 0) is 63.3 Å². The van der Waals surface area contributed by atoms with E-state index in [0.717, 1.165) is 44.8 Å². The van der Waals surface area contributed by atoms with Crippen LogP contribution in [0, 0.1) is 0 Å². The Bertz CT molecular complexity index is 385. The second-order valence-corrected chi connectivity index (χ2v) is 5.99. The van der Waals surface area contributed by atoms with Gasteiger partial charge < -0.3 is 14.8 Å². The largest absolute Gasteiger partial charge is 0.488 e. The van der Waals surface area contributed by atoms with Crippen molar-refractivity contribution in [3.05, 3.63) is 29.8 Å². The van der Waals surface area contributed by atoms with Gasteiger partial charge in [0.25, 0.3) is 0 Å². The fourth-order valence-electron chi connectivity index (χ4n) is 2.61. The average molecular weight is 291 g/mol. The van der Waals surface area contributed by atoms with E-state index in [-0.39, 0.29) is 6.10 Å². The molecule has 21 heavy (non-hydrogen) atoms. The summed E-state index contributed by atoms with van der Waals surface area (Å²) < 4.78 is 11.4. The quantitative estimate of drug-likeness (QED) is 0.794. The topological polar surface area (TPSA) is 30.5 Å². The lowest BCUT2D eigenvalue weighted by Crippen LogP contribution is -2.28. The molecular weight excluding hydrogens is 262 g/mol. The maximum absolute atomic E-state index is 5.95. The molecule has 1 aromatic rings. The van der Waals surface area contributed by atoms with Crippen molar-refractivity contribution in [2.24, 2.45) is 0 Å². The smallest absolute Gasteiger partial charge is 0.122 e. The number of benzene rings is 1. The monoisotopic (exact) mass is 291 g/mol. The lowest BCUT2D eigenvalue weighted by atomic mass is 10.1. The normalized spacial score (nSPS) is 20.2. The number of rotatable bonds is 8. The molecule has 3 heteroatoms. The number of nitrogens with one attached hydrogen (secondary N) is 1. The standard InChI is InChI=1S/C18H29NO2/c1-3-12-19-15(2)6-7-16-8-10-17(11-9-16)21-18-5-4-13-20-14-18/h8-11,15,18-19H,3-7,12-14H2,1-2H3. The van der Waals surface area contributed by atoms with E-state index in [1.807, 2.05) is 0 Å². The minimum Gasteiger partial charge on any atom is -0.488 e. The van der Waals surface area contributed by atoms with E-state index in [4.69, 9.17) is 9.47 Å². The van der Waals surface area contributed by atoms with E-state index < -0.39 is 0 Å². The van der Waals surface area contributed by atoms with Gasteiger partial charge in [0.05, 0.1) is 6.61 Å². The molecule has 1 heterocycles. The Labute approximate surface area is 129 Å². The SMILES string of the molecule is CCCNC(C)CCc1ccc(OC2CCCOC2)cc1. The Balaban J connectivity index is 1.73. The highest BCUT2D eigenvalue weighted by atomic mass is 16.5. The summed E-state index contributed by atoms with van der Waals surface area (Å²) in [6.07, 6.45) is 5.92. The first kappa shape index (κ1) is 16.3. The summed E-state index contributed by atoms with van der Waals surface area (Å²) in [6.45, 7) is 7.18. The van der Waals surface area contributed by atoms with Gasteiger partial charge in [0.15, 0.2) is 0 Å². The average Bonchev–Trinajstić information content (AvgIpc) is 2.53. The predicted octanol–water partition coefficient (Wildman–Crippen LogP) is 3.57. The van der Waals surface area contributed by atoms with E-state index in [9.17, 15) is 0 Å². The van der Waals surface area contributed by atoms with Crippen LogP contribution >= 0.6 is 0 Å². The molecule has 0 spiro atoms. The number of hydrogen-bond acceptors (Lipinski definition) is 3. The Morgan fingerprint density at radius 2 is 2.14 bits per heavy atom. The molecule has 3 nitrogen and oxygen atoms in total. The van der Waals surface area contributed by atoms with Crippen molar-refractivity contribution in [3.63, 3.8) is 0 Å². The first-order chi connectivity index (χ1) is 10.3. The maximum atomic E-state index is 5.95. The van der Waals surface area contributed by atoms with Gasteiger partial charge in [-0.25, -0.2) is 0 Å². The molecule has 0 saturated carbocycles. The fraction of sp³-hybridized carbons (Fsp3) is 0.667. The molecule has 1 N–H and O–H groups in total. The Hall–Kier alpha value is -1.06. The molecular formula is C18H29NO2. The minimum absolute atomic E-state index is 0.225. The molecule has 1 aromatic carbocycles. The molecule has 2 rings (SSSR count). The van der Waals surface area contributed by atoms with Gasteiger partial charge in [-0.1, -0.05) is 19.1 Å². The second kappa shape index (κ2) is 9.06. The summed E-state index contributed by atoms with van der Waals surface area (Å²) in [6, 6.07) is 9.14. The molecule has 1 saturated heterocycles. The lowest BCUT2D eigenvalue weighted by Gasteiger charge is -2.23. The Kier molecular flexibility index (Phi) is 7.04. The molecule has 1 fully saturated rings. The molecule has 1 aliphatic rings. The van der Waals surface area contributed by atoms with Gasteiger partial charge in [-0.15, -0.1) is 0 Å². The Morgan fingerprint density at radius 3 is 2.81 bits per heavy atom. The van der Waals surface area contributed by atoms with E-state index in [0.29, 0.717) is 6.04 Å². The van der Waals surface area contributed by atoms with Crippen molar-refractivity contribution in [1.82, 2.24) is 5.32 Å². The third-order valence-electron chi connectivity index (χ3n) is 3.95. The molecule has 0 radical (unpaired) electrons. The van der Waals surface area contributed by atoms with Crippen molar-refractivity contribution in [2.75, 3.05) is 19.8 Å². The number of ether oxygens (including phenoxy) is 2. The zero-order chi connectivity index (χ0) is 14.9. The van der Waals surface area contributed by atoms with Crippen LogP contribution in [0.5, 0.6) is 5.75 Å². The van der Waals surface area contributed by atoms with Crippen molar-refractivity contribution in [1.29, 1.82) is 0 Å². The van der Waals surface area contributed by atoms with Crippen molar-refractivity contribution < 1.29 is 9.47 Å². The molecule has 2 atom stereocenters. The van der Waals surface area contributed by atoms with Gasteiger partial charge in [0, 0.05) is 12.6 Å². The third kappa shape index (κ3) is 6.06. The highest BCUT2D eigenvalue weighted by Crippen LogP contribution is 2.18. The van der Waals surface area contributed by atoms with Crippen LogP contribution in [0.15, 0.2) is 24.3 Å². The van der Waals surface area contributed by atoms with E-state index in [1.54, 1.807) is 0 Å². The van der Waals surface area contributed by atoms with Crippen molar-refractivity contribution in [2.45, 2.75) is 58.1 Å². The van der Waals surface area contributed by atoms with E-state index in [1.165, 1.54) is 18.4 Å². The van der Waals surface area contributed by atoms with Crippen LogP contribution in [0.1, 0.15) is 45.1 Å². The zero-order valence-corrected chi connectivity index (χ0v) is 13.4. The van der Waals surface area contributed by atoms with E-state index in [2.05, 4.69) is 43.4 Å². The van der Waals surface area contributed by atoms with Crippen molar-refractivity contribution in [3.8, 4) is 5.75 Å². The molecule has 0 bridgehead atoms.